The van der Waals surface area contributed by atoms with Crippen molar-refractivity contribution in [1.29, 1.82) is 0 Å². The summed E-state index contributed by atoms with van der Waals surface area (Å²) < 4.78 is 0. The van der Waals surface area contributed by atoms with Gasteiger partial charge in [0.1, 0.15) is 0 Å². The van der Waals surface area contributed by atoms with E-state index in [1.807, 2.05) is 55.0 Å². The van der Waals surface area contributed by atoms with Crippen LogP contribution in [0.4, 0.5) is 0 Å². The Morgan fingerprint density at radius 2 is 1.64 bits per heavy atom. The molecule has 0 saturated carbocycles. The van der Waals surface area contributed by atoms with E-state index in [1.54, 1.807) is 0 Å². The number of pyridine rings is 2. The van der Waals surface area contributed by atoms with Gasteiger partial charge in [-0.1, -0.05) is 24.3 Å². The Morgan fingerprint density at radius 1 is 0.760 bits per heavy atom. The first-order valence-corrected chi connectivity index (χ1v) is 8.30. The smallest absolute Gasteiger partial charge is 0.0780 e. The summed E-state index contributed by atoms with van der Waals surface area (Å²) in [6.45, 7) is 0.0376. The third kappa shape index (κ3) is 3.28. The van der Waals surface area contributed by atoms with E-state index >= 15 is 0 Å². The second-order valence-corrected chi connectivity index (χ2v) is 6.11. The molecule has 2 heterocycles. The van der Waals surface area contributed by atoms with Crippen molar-refractivity contribution in [3.8, 4) is 11.1 Å². The van der Waals surface area contributed by atoms with Crippen molar-refractivity contribution in [3.05, 3.63) is 95.9 Å². The van der Waals surface area contributed by atoms with Gasteiger partial charge in [-0.05, 0) is 65.1 Å². The number of hydrogen-bond donors (Lipinski definition) is 1. The summed E-state index contributed by atoms with van der Waals surface area (Å²) in [4.78, 5) is 8.68. The van der Waals surface area contributed by atoms with Gasteiger partial charge in [-0.2, -0.15) is 0 Å². The van der Waals surface area contributed by atoms with Crippen molar-refractivity contribution < 1.29 is 5.11 Å². The first-order valence-electron chi connectivity index (χ1n) is 8.30. The van der Waals surface area contributed by atoms with Crippen LogP contribution in [0.3, 0.4) is 0 Å². The van der Waals surface area contributed by atoms with E-state index in [1.165, 1.54) is 11.1 Å². The van der Waals surface area contributed by atoms with Crippen LogP contribution in [0.15, 0.2) is 79.3 Å². The molecule has 3 heteroatoms. The predicted octanol–water partition coefficient (Wildman–Crippen LogP) is 4.38. The molecule has 4 aromatic rings. The van der Waals surface area contributed by atoms with Crippen LogP contribution >= 0.6 is 0 Å². The lowest BCUT2D eigenvalue weighted by atomic mass is 9.95. The van der Waals surface area contributed by atoms with Crippen LogP contribution < -0.4 is 0 Å². The highest BCUT2D eigenvalue weighted by Gasteiger charge is 2.09. The number of hydrogen-bond acceptors (Lipinski definition) is 3. The third-order valence-corrected chi connectivity index (χ3v) is 4.34. The maximum absolute atomic E-state index is 9.45. The number of aromatic nitrogens is 2. The molecule has 2 aromatic heterocycles. The molecule has 0 saturated heterocycles. The summed E-state index contributed by atoms with van der Waals surface area (Å²) in [5, 5.41) is 10.6. The summed E-state index contributed by atoms with van der Waals surface area (Å²) >= 11 is 0. The van der Waals surface area contributed by atoms with Gasteiger partial charge in [0.2, 0.25) is 0 Å². The Balaban J connectivity index is 1.86. The normalized spacial score (nSPS) is 10.9. The quantitative estimate of drug-likeness (QED) is 0.605. The Kier molecular flexibility index (Phi) is 4.23. The lowest BCUT2D eigenvalue weighted by molar-refractivity contribution is 0.282. The Hall–Kier alpha value is -3.04. The highest BCUT2D eigenvalue weighted by molar-refractivity contribution is 5.94. The van der Waals surface area contributed by atoms with Crippen LogP contribution in [0.25, 0.3) is 22.0 Å². The summed E-state index contributed by atoms with van der Waals surface area (Å²) in [5.41, 5.74) is 6.52. The number of aliphatic hydroxyl groups is 1. The molecule has 0 fully saturated rings. The van der Waals surface area contributed by atoms with Crippen molar-refractivity contribution in [3.63, 3.8) is 0 Å². The zero-order valence-corrected chi connectivity index (χ0v) is 13.8. The first kappa shape index (κ1) is 15.5. The highest BCUT2D eigenvalue weighted by atomic mass is 16.3. The minimum atomic E-state index is 0.0376. The van der Waals surface area contributed by atoms with Crippen LogP contribution in [-0.2, 0) is 13.0 Å². The largest absolute Gasteiger partial charge is 0.392 e. The van der Waals surface area contributed by atoms with Crippen molar-refractivity contribution in [2.24, 2.45) is 0 Å². The fourth-order valence-corrected chi connectivity index (χ4v) is 3.15. The van der Waals surface area contributed by atoms with Crippen molar-refractivity contribution in [2.75, 3.05) is 0 Å². The summed E-state index contributed by atoms with van der Waals surface area (Å²) in [7, 11) is 0. The van der Waals surface area contributed by atoms with Crippen LogP contribution in [0.5, 0.6) is 0 Å². The molecule has 4 rings (SSSR count). The first-order chi connectivity index (χ1) is 12.3. The maximum atomic E-state index is 9.45. The zero-order chi connectivity index (χ0) is 17.1. The summed E-state index contributed by atoms with van der Waals surface area (Å²) in [5.74, 6) is 0. The Bertz CT molecular complexity index is 1010. The minimum Gasteiger partial charge on any atom is -0.392 e. The molecule has 0 unspecified atom stereocenters. The van der Waals surface area contributed by atoms with Gasteiger partial charge < -0.3 is 5.11 Å². The molecule has 25 heavy (non-hydrogen) atoms. The topological polar surface area (TPSA) is 46.0 Å². The fraction of sp³-hybridized carbons (Fsp3) is 0.0909. The second-order valence-electron chi connectivity index (χ2n) is 6.11. The molecule has 0 aliphatic rings. The van der Waals surface area contributed by atoms with Gasteiger partial charge in [0.05, 0.1) is 12.1 Å². The van der Waals surface area contributed by atoms with Gasteiger partial charge in [0.25, 0.3) is 0 Å². The van der Waals surface area contributed by atoms with Crippen LogP contribution in [0.2, 0.25) is 0 Å². The lowest BCUT2D eigenvalue weighted by Crippen LogP contribution is -1.93. The molecule has 0 aliphatic carbocycles. The third-order valence-electron chi connectivity index (χ3n) is 4.34. The molecular weight excluding hydrogens is 308 g/mol. The molecule has 3 nitrogen and oxygen atoms in total. The van der Waals surface area contributed by atoms with Gasteiger partial charge in [0.15, 0.2) is 0 Å². The fourth-order valence-electron chi connectivity index (χ4n) is 3.15. The van der Waals surface area contributed by atoms with Gasteiger partial charge in [-0.3, -0.25) is 9.97 Å². The van der Waals surface area contributed by atoms with Crippen LogP contribution in [0, 0.1) is 0 Å². The predicted molar refractivity (Wildman–Crippen MR) is 100 cm³/mol. The Morgan fingerprint density at radius 3 is 2.48 bits per heavy atom. The maximum Gasteiger partial charge on any atom is 0.0780 e. The zero-order valence-electron chi connectivity index (χ0n) is 13.8. The highest BCUT2D eigenvalue weighted by Crippen LogP contribution is 2.30. The molecule has 0 spiro atoms. The van der Waals surface area contributed by atoms with Crippen LogP contribution in [-0.4, -0.2) is 15.1 Å². The van der Waals surface area contributed by atoms with Crippen LogP contribution in [0.1, 0.15) is 16.7 Å². The van der Waals surface area contributed by atoms with Crippen molar-refractivity contribution in [1.82, 2.24) is 9.97 Å². The average Bonchev–Trinajstić information content (AvgIpc) is 2.68. The lowest BCUT2D eigenvalue weighted by Gasteiger charge is -2.11. The van der Waals surface area contributed by atoms with Gasteiger partial charge in [-0.15, -0.1) is 0 Å². The van der Waals surface area contributed by atoms with Gasteiger partial charge >= 0.3 is 0 Å². The van der Waals surface area contributed by atoms with Crippen molar-refractivity contribution in [2.45, 2.75) is 13.0 Å². The van der Waals surface area contributed by atoms with E-state index in [0.717, 1.165) is 34.0 Å². The van der Waals surface area contributed by atoms with E-state index in [0.29, 0.717) is 0 Å². The Labute approximate surface area is 146 Å². The summed E-state index contributed by atoms with van der Waals surface area (Å²) in [6, 6.07) is 20.5. The monoisotopic (exact) mass is 326 g/mol. The molecule has 1 N–H and O–H groups in total. The molecule has 0 aliphatic heterocycles. The van der Waals surface area contributed by atoms with E-state index in [9.17, 15) is 5.11 Å². The molecule has 122 valence electrons. The second kappa shape index (κ2) is 6.83. The number of nitrogens with zero attached hydrogens (tertiary/aromatic N) is 2. The number of benzene rings is 2. The standard InChI is InChI=1S/C22H18N2O/c25-15-17-3-1-4-19(12-17)21-14-18(11-16-6-9-23-10-7-16)13-20-5-2-8-24-22(20)21/h1-10,12-14,25H,11,15H2. The molecule has 0 radical (unpaired) electrons. The minimum absolute atomic E-state index is 0.0376. The molecule has 0 atom stereocenters. The van der Waals surface area contributed by atoms with Gasteiger partial charge in [-0.25, -0.2) is 0 Å². The average molecular weight is 326 g/mol. The van der Waals surface area contributed by atoms with E-state index in [2.05, 4.69) is 34.2 Å². The SMILES string of the molecule is OCc1cccc(-c2cc(Cc3ccncc3)cc3cccnc23)c1. The van der Waals surface area contributed by atoms with Gasteiger partial charge in [0, 0.05) is 29.5 Å². The van der Waals surface area contributed by atoms with Crippen molar-refractivity contribution >= 4 is 10.9 Å². The molecular formula is C22H18N2O. The number of aliphatic hydroxyl groups excluding tert-OH is 1. The van der Waals surface area contributed by atoms with E-state index < -0.39 is 0 Å². The van der Waals surface area contributed by atoms with E-state index in [4.69, 9.17) is 0 Å². The summed E-state index contributed by atoms with van der Waals surface area (Å²) in [6.07, 6.45) is 6.32. The molecule has 2 aromatic carbocycles. The number of fused-ring (bicyclic) bond motifs is 1. The molecule has 0 amide bonds. The van der Waals surface area contributed by atoms with E-state index in [-0.39, 0.29) is 6.61 Å². The molecule has 0 bridgehead atoms. The number of rotatable bonds is 4.